The summed E-state index contributed by atoms with van der Waals surface area (Å²) in [6.07, 6.45) is 12.7. The lowest BCUT2D eigenvalue weighted by molar-refractivity contribution is 0.0189. The first-order chi connectivity index (χ1) is 11.3. The van der Waals surface area contributed by atoms with Gasteiger partial charge in [0.2, 0.25) is 0 Å². The molecular weight excluding hydrogens is 282 g/mol. The molecule has 0 amide bonds. The molecular formula is C20H39N3. The molecule has 0 aromatic carbocycles. The van der Waals surface area contributed by atoms with Crippen molar-refractivity contribution >= 4 is 0 Å². The number of hydrogen-bond acceptors (Lipinski definition) is 3. The van der Waals surface area contributed by atoms with E-state index in [9.17, 15) is 0 Å². The van der Waals surface area contributed by atoms with Gasteiger partial charge in [-0.1, -0.05) is 26.7 Å². The summed E-state index contributed by atoms with van der Waals surface area (Å²) in [6, 6.07) is 2.50. The van der Waals surface area contributed by atoms with Gasteiger partial charge in [-0.25, -0.2) is 0 Å². The quantitative estimate of drug-likeness (QED) is 0.836. The maximum atomic E-state index is 3.71. The third kappa shape index (κ3) is 4.29. The molecule has 3 nitrogen and oxygen atoms in total. The number of likely N-dealkylation sites (tertiary alicyclic amines) is 2. The van der Waals surface area contributed by atoms with Gasteiger partial charge in [0.25, 0.3) is 0 Å². The van der Waals surface area contributed by atoms with Crippen molar-refractivity contribution in [2.75, 3.05) is 32.7 Å². The van der Waals surface area contributed by atoms with Crippen LogP contribution in [0.5, 0.6) is 0 Å². The highest BCUT2D eigenvalue weighted by atomic mass is 15.2. The van der Waals surface area contributed by atoms with E-state index in [0.717, 1.165) is 24.0 Å². The van der Waals surface area contributed by atoms with Crippen LogP contribution in [0.1, 0.15) is 71.6 Å². The SMILES string of the molecule is CCC1CCCCN1CC1CCNCC1N1CCCCC1CC. The second kappa shape index (κ2) is 8.82. The summed E-state index contributed by atoms with van der Waals surface area (Å²) in [5, 5.41) is 3.71. The van der Waals surface area contributed by atoms with E-state index in [1.54, 1.807) is 0 Å². The Morgan fingerprint density at radius 2 is 1.61 bits per heavy atom. The lowest BCUT2D eigenvalue weighted by Crippen LogP contribution is -2.58. The molecule has 3 heterocycles. The molecule has 0 radical (unpaired) electrons. The molecule has 0 aliphatic carbocycles. The van der Waals surface area contributed by atoms with E-state index < -0.39 is 0 Å². The molecule has 1 N–H and O–H groups in total. The molecule has 4 atom stereocenters. The fourth-order valence-corrected chi connectivity index (χ4v) is 5.46. The molecule has 0 spiro atoms. The molecule has 0 bridgehead atoms. The molecule has 3 rings (SSSR count). The Labute approximate surface area is 144 Å². The monoisotopic (exact) mass is 321 g/mol. The predicted octanol–water partition coefficient (Wildman–Crippen LogP) is 3.49. The highest BCUT2D eigenvalue weighted by molar-refractivity contribution is 4.92. The summed E-state index contributed by atoms with van der Waals surface area (Å²) >= 11 is 0. The molecule has 3 heteroatoms. The van der Waals surface area contributed by atoms with Gasteiger partial charge in [0, 0.05) is 31.2 Å². The van der Waals surface area contributed by atoms with Crippen LogP contribution < -0.4 is 5.32 Å². The predicted molar refractivity (Wildman–Crippen MR) is 98.9 cm³/mol. The maximum absolute atomic E-state index is 3.71. The Balaban J connectivity index is 1.65. The Kier molecular flexibility index (Phi) is 6.79. The van der Waals surface area contributed by atoms with E-state index in [1.165, 1.54) is 90.5 Å². The molecule has 3 aliphatic rings. The van der Waals surface area contributed by atoms with Gasteiger partial charge in [0.15, 0.2) is 0 Å². The summed E-state index contributed by atoms with van der Waals surface area (Å²) in [5.41, 5.74) is 0. The summed E-state index contributed by atoms with van der Waals surface area (Å²) in [6.45, 7) is 11.3. The highest BCUT2D eigenvalue weighted by Gasteiger charge is 2.36. The highest BCUT2D eigenvalue weighted by Crippen LogP contribution is 2.30. The van der Waals surface area contributed by atoms with Crippen LogP contribution in [0.3, 0.4) is 0 Å². The first kappa shape index (κ1) is 17.7. The lowest BCUT2D eigenvalue weighted by atomic mass is 9.86. The van der Waals surface area contributed by atoms with E-state index in [1.807, 2.05) is 0 Å². The molecule has 0 aromatic rings. The molecule has 4 unspecified atom stereocenters. The zero-order valence-electron chi connectivity index (χ0n) is 15.6. The van der Waals surface area contributed by atoms with E-state index >= 15 is 0 Å². The van der Waals surface area contributed by atoms with E-state index in [0.29, 0.717) is 0 Å². The van der Waals surface area contributed by atoms with Gasteiger partial charge >= 0.3 is 0 Å². The van der Waals surface area contributed by atoms with Crippen LogP contribution in [0.15, 0.2) is 0 Å². The third-order valence-corrected chi connectivity index (χ3v) is 6.85. The smallest absolute Gasteiger partial charge is 0.0264 e. The minimum Gasteiger partial charge on any atom is -0.315 e. The first-order valence-electron chi connectivity index (χ1n) is 10.5. The van der Waals surface area contributed by atoms with Crippen LogP contribution in [-0.4, -0.2) is 60.6 Å². The van der Waals surface area contributed by atoms with Crippen molar-refractivity contribution in [3.05, 3.63) is 0 Å². The van der Waals surface area contributed by atoms with E-state index in [4.69, 9.17) is 0 Å². The summed E-state index contributed by atoms with van der Waals surface area (Å²) in [5.74, 6) is 0.885. The van der Waals surface area contributed by atoms with Crippen molar-refractivity contribution in [2.45, 2.75) is 89.8 Å². The standard InChI is InChI=1S/C20H39N3/c1-3-18-9-5-7-13-22(18)16-17-11-12-21-15-20(17)23-14-8-6-10-19(23)4-2/h17-21H,3-16H2,1-2H3. The largest absolute Gasteiger partial charge is 0.315 e. The molecule has 0 aromatic heterocycles. The Hall–Kier alpha value is -0.120. The van der Waals surface area contributed by atoms with E-state index in [-0.39, 0.29) is 0 Å². The minimum absolute atomic E-state index is 0.786. The van der Waals surface area contributed by atoms with Gasteiger partial charge in [-0.05, 0) is 70.5 Å². The molecule has 3 saturated heterocycles. The van der Waals surface area contributed by atoms with Crippen molar-refractivity contribution < 1.29 is 0 Å². The van der Waals surface area contributed by atoms with Gasteiger partial charge in [-0.3, -0.25) is 4.90 Å². The van der Waals surface area contributed by atoms with Crippen LogP contribution in [0, 0.1) is 5.92 Å². The number of rotatable bonds is 5. The number of piperidine rings is 3. The van der Waals surface area contributed by atoms with Gasteiger partial charge in [0.1, 0.15) is 0 Å². The zero-order valence-corrected chi connectivity index (χ0v) is 15.6. The molecule has 3 fully saturated rings. The first-order valence-corrected chi connectivity index (χ1v) is 10.5. The van der Waals surface area contributed by atoms with Gasteiger partial charge < -0.3 is 10.2 Å². The van der Waals surface area contributed by atoms with Gasteiger partial charge in [0.05, 0.1) is 0 Å². The molecule has 134 valence electrons. The van der Waals surface area contributed by atoms with Crippen LogP contribution >= 0.6 is 0 Å². The Morgan fingerprint density at radius 1 is 0.870 bits per heavy atom. The number of nitrogens with zero attached hydrogens (tertiary/aromatic N) is 2. The third-order valence-electron chi connectivity index (χ3n) is 6.85. The maximum Gasteiger partial charge on any atom is 0.0264 e. The zero-order chi connectivity index (χ0) is 16.1. The van der Waals surface area contributed by atoms with Crippen LogP contribution in [0.2, 0.25) is 0 Å². The molecule has 23 heavy (non-hydrogen) atoms. The average Bonchev–Trinajstić information content (AvgIpc) is 2.62. The Bertz CT molecular complexity index is 346. The lowest BCUT2D eigenvalue weighted by Gasteiger charge is -2.48. The fourth-order valence-electron chi connectivity index (χ4n) is 5.46. The van der Waals surface area contributed by atoms with Crippen LogP contribution in [0.25, 0.3) is 0 Å². The molecule has 3 aliphatic heterocycles. The second-order valence-electron chi connectivity index (χ2n) is 8.17. The summed E-state index contributed by atoms with van der Waals surface area (Å²) in [7, 11) is 0. The van der Waals surface area contributed by atoms with Crippen LogP contribution in [0.4, 0.5) is 0 Å². The fraction of sp³-hybridized carbons (Fsp3) is 1.00. The van der Waals surface area contributed by atoms with Crippen molar-refractivity contribution in [2.24, 2.45) is 5.92 Å². The minimum atomic E-state index is 0.786. The van der Waals surface area contributed by atoms with Gasteiger partial charge in [-0.2, -0.15) is 0 Å². The number of nitrogens with one attached hydrogen (secondary N) is 1. The van der Waals surface area contributed by atoms with Crippen LogP contribution in [-0.2, 0) is 0 Å². The van der Waals surface area contributed by atoms with Crippen molar-refractivity contribution in [1.82, 2.24) is 15.1 Å². The van der Waals surface area contributed by atoms with Gasteiger partial charge in [-0.15, -0.1) is 0 Å². The Morgan fingerprint density at radius 3 is 2.39 bits per heavy atom. The summed E-state index contributed by atoms with van der Waals surface area (Å²) in [4.78, 5) is 5.77. The van der Waals surface area contributed by atoms with E-state index in [2.05, 4.69) is 29.0 Å². The summed E-state index contributed by atoms with van der Waals surface area (Å²) < 4.78 is 0. The molecule has 0 saturated carbocycles. The second-order valence-corrected chi connectivity index (χ2v) is 8.17. The topological polar surface area (TPSA) is 18.5 Å². The number of hydrogen-bond donors (Lipinski definition) is 1. The van der Waals surface area contributed by atoms with Crippen molar-refractivity contribution in [1.29, 1.82) is 0 Å². The normalized spacial score (nSPS) is 37.8. The van der Waals surface area contributed by atoms with Crippen molar-refractivity contribution in [3.63, 3.8) is 0 Å². The van der Waals surface area contributed by atoms with Crippen molar-refractivity contribution in [3.8, 4) is 0 Å². The average molecular weight is 322 g/mol.